The minimum atomic E-state index is -0.160. The van der Waals surface area contributed by atoms with Crippen LogP contribution in [0.15, 0.2) is 60.2 Å². The van der Waals surface area contributed by atoms with Crippen molar-refractivity contribution in [3.05, 3.63) is 65.7 Å². The van der Waals surface area contributed by atoms with Gasteiger partial charge in [0, 0.05) is 5.56 Å². The molecule has 4 aromatic rings. The number of benzene rings is 4. The molecule has 0 saturated carbocycles. The van der Waals surface area contributed by atoms with E-state index in [2.05, 4.69) is 24.3 Å². The summed E-state index contributed by atoms with van der Waals surface area (Å²) in [6.45, 7) is 0. The summed E-state index contributed by atoms with van der Waals surface area (Å²) in [5.74, 6) is 0. The Kier molecular flexibility index (Phi) is 2.92. The predicted octanol–water partition coefficient (Wildman–Crippen LogP) is 4.91. The van der Waals surface area contributed by atoms with Gasteiger partial charge in [0.1, 0.15) is 23.8 Å². The molecule has 0 unspecified atom stereocenters. The molecule has 24 heavy (non-hydrogen) atoms. The third-order valence-corrected chi connectivity index (χ3v) is 4.38. The van der Waals surface area contributed by atoms with Gasteiger partial charge in [0.15, 0.2) is 0 Å². The molecule has 4 rings (SSSR count). The number of nitrogens with zero attached hydrogens (tertiary/aromatic N) is 3. The van der Waals surface area contributed by atoms with Crippen LogP contribution in [0.1, 0.15) is 5.56 Å². The van der Waals surface area contributed by atoms with Crippen molar-refractivity contribution in [2.24, 2.45) is 0 Å². The first kappa shape index (κ1) is 13.8. The molecule has 3 heteroatoms. The summed E-state index contributed by atoms with van der Waals surface area (Å²) in [4.78, 5) is 0. The maximum atomic E-state index is 9.50. The molecule has 0 heterocycles. The SMILES string of the molecule is N#CC(C#N)=C(C#N)c1ccc2ccc3cccc4ccc1c2c34. The van der Waals surface area contributed by atoms with Crippen LogP contribution in [-0.4, -0.2) is 0 Å². The van der Waals surface area contributed by atoms with Gasteiger partial charge in [-0.05, 0) is 32.3 Å². The maximum Gasteiger partial charge on any atom is 0.148 e. The first-order chi connectivity index (χ1) is 11.8. The Morgan fingerprint density at radius 1 is 0.625 bits per heavy atom. The second-order valence-electron chi connectivity index (χ2n) is 5.55. The number of nitriles is 3. The van der Waals surface area contributed by atoms with E-state index in [1.165, 1.54) is 0 Å². The molecule has 0 aliphatic rings. The van der Waals surface area contributed by atoms with Crippen molar-refractivity contribution in [1.29, 1.82) is 15.8 Å². The minimum Gasteiger partial charge on any atom is -0.192 e. The van der Waals surface area contributed by atoms with Gasteiger partial charge in [-0.15, -0.1) is 0 Å². The number of rotatable bonds is 1. The molecule has 0 aromatic heterocycles. The van der Waals surface area contributed by atoms with Crippen LogP contribution in [0, 0.1) is 34.0 Å². The van der Waals surface area contributed by atoms with E-state index in [4.69, 9.17) is 10.5 Å². The first-order valence-corrected chi connectivity index (χ1v) is 7.40. The fraction of sp³-hybridized carbons (Fsp3) is 0. The van der Waals surface area contributed by atoms with Crippen molar-refractivity contribution in [1.82, 2.24) is 0 Å². The molecule has 0 N–H and O–H groups in total. The molecular formula is C21H9N3. The van der Waals surface area contributed by atoms with Gasteiger partial charge >= 0.3 is 0 Å². The quantitative estimate of drug-likeness (QED) is 0.370. The van der Waals surface area contributed by atoms with E-state index in [1.54, 1.807) is 0 Å². The Bertz CT molecular complexity index is 1240. The van der Waals surface area contributed by atoms with Crippen LogP contribution in [-0.2, 0) is 0 Å². The molecule has 0 fully saturated rings. The summed E-state index contributed by atoms with van der Waals surface area (Å²) >= 11 is 0. The van der Waals surface area contributed by atoms with Crippen molar-refractivity contribution in [3.63, 3.8) is 0 Å². The van der Waals surface area contributed by atoms with Crippen LogP contribution >= 0.6 is 0 Å². The van der Waals surface area contributed by atoms with E-state index < -0.39 is 0 Å². The van der Waals surface area contributed by atoms with Gasteiger partial charge in [0.2, 0.25) is 0 Å². The summed E-state index contributed by atoms with van der Waals surface area (Å²) < 4.78 is 0. The Hall–Kier alpha value is -3.87. The van der Waals surface area contributed by atoms with Crippen molar-refractivity contribution >= 4 is 37.9 Å². The molecule has 0 bridgehead atoms. The smallest absolute Gasteiger partial charge is 0.148 e. The van der Waals surface area contributed by atoms with Gasteiger partial charge in [0.05, 0.1) is 5.57 Å². The van der Waals surface area contributed by atoms with Gasteiger partial charge < -0.3 is 0 Å². The van der Waals surface area contributed by atoms with Crippen molar-refractivity contribution < 1.29 is 0 Å². The van der Waals surface area contributed by atoms with Crippen LogP contribution in [0.25, 0.3) is 37.9 Å². The van der Waals surface area contributed by atoms with E-state index >= 15 is 0 Å². The largest absolute Gasteiger partial charge is 0.192 e. The van der Waals surface area contributed by atoms with Crippen LogP contribution < -0.4 is 0 Å². The average molecular weight is 303 g/mol. The van der Waals surface area contributed by atoms with Gasteiger partial charge in [-0.25, -0.2) is 0 Å². The van der Waals surface area contributed by atoms with E-state index in [9.17, 15) is 5.26 Å². The topological polar surface area (TPSA) is 71.4 Å². The van der Waals surface area contributed by atoms with Gasteiger partial charge in [-0.1, -0.05) is 54.6 Å². The standard InChI is InChI=1S/C21H9N3/c22-10-16(11-23)19(12-24)17-8-6-15-5-4-13-2-1-3-14-7-9-18(17)21(15)20(13)14/h1-9H. The molecule has 0 aliphatic carbocycles. The fourth-order valence-corrected chi connectivity index (χ4v) is 3.34. The Morgan fingerprint density at radius 3 is 1.83 bits per heavy atom. The summed E-state index contributed by atoms with van der Waals surface area (Å²) in [7, 11) is 0. The lowest BCUT2D eigenvalue weighted by molar-refractivity contribution is 1.45. The van der Waals surface area contributed by atoms with Crippen molar-refractivity contribution in [2.45, 2.75) is 0 Å². The Morgan fingerprint density at radius 2 is 1.21 bits per heavy atom. The van der Waals surface area contributed by atoms with E-state index in [1.807, 2.05) is 48.5 Å². The Labute approximate surface area is 138 Å². The molecular weight excluding hydrogens is 294 g/mol. The normalized spacial score (nSPS) is 10.4. The number of hydrogen-bond acceptors (Lipinski definition) is 3. The highest BCUT2D eigenvalue weighted by molar-refractivity contribution is 6.25. The number of allylic oxidation sites excluding steroid dienone is 2. The molecule has 0 aliphatic heterocycles. The van der Waals surface area contributed by atoms with E-state index in [0.717, 1.165) is 32.3 Å². The third-order valence-electron chi connectivity index (χ3n) is 4.38. The van der Waals surface area contributed by atoms with E-state index in [0.29, 0.717) is 5.56 Å². The zero-order valence-corrected chi connectivity index (χ0v) is 12.5. The molecule has 0 spiro atoms. The zero-order chi connectivity index (χ0) is 16.7. The summed E-state index contributed by atoms with van der Waals surface area (Å²) in [5.41, 5.74) is 0.590. The zero-order valence-electron chi connectivity index (χ0n) is 12.5. The molecule has 0 saturated heterocycles. The van der Waals surface area contributed by atoms with Crippen LogP contribution in [0.5, 0.6) is 0 Å². The number of hydrogen-bond donors (Lipinski definition) is 0. The third kappa shape index (κ3) is 1.75. The van der Waals surface area contributed by atoms with Crippen LogP contribution in [0.3, 0.4) is 0 Å². The molecule has 108 valence electrons. The molecule has 0 atom stereocenters. The highest BCUT2D eigenvalue weighted by atomic mass is 14.3. The fourth-order valence-electron chi connectivity index (χ4n) is 3.34. The predicted molar refractivity (Wildman–Crippen MR) is 93.9 cm³/mol. The van der Waals surface area contributed by atoms with Gasteiger partial charge in [-0.3, -0.25) is 0 Å². The summed E-state index contributed by atoms with van der Waals surface area (Å²) in [6.07, 6.45) is 0. The highest BCUT2D eigenvalue weighted by Gasteiger charge is 2.15. The second-order valence-corrected chi connectivity index (χ2v) is 5.55. The highest BCUT2D eigenvalue weighted by Crippen LogP contribution is 2.38. The summed E-state index contributed by atoms with van der Waals surface area (Å²) in [6, 6.07) is 23.7. The first-order valence-electron chi connectivity index (χ1n) is 7.40. The average Bonchev–Trinajstić information content (AvgIpc) is 2.64. The van der Waals surface area contributed by atoms with Crippen molar-refractivity contribution in [2.75, 3.05) is 0 Å². The van der Waals surface area contributed by atoms with E-state index in [-0.39, 0.29) is 11.1 Å². The maximum absolute atomic E-state index is 9.50. The Balaban J connectivity index is 2.25. The monoisotopic (exact) mass is 303 g/mol. The molecule has 3 nitrogen and oxygen atoms in total. The second kappa shape index (κ2) is 5.10. The molecule has 4 aromatic carbocycles. The molecule has 0 amide bonds. The van der Waals surface area contributed by atoms with Crippen LogP contribution in [0.4, 0.5) is 0 Å². The van der Waals surface area contributed by atoms with Gasteiger partial charge in [-0.2, -0.15) is 15.8 Å². The lowest BCUT2D eigenvalue weighted by Crippen LogP contribution is -1.91. The lowest BCUT2D eigenvalue weighted by atomic mass is 9.89. The van der Waals surface area contributed by atoms with Crippen molar-refractivity contribution in [3.8, 4) is 18.2 Å². The minimum absolute atomic E-state index is 0.123. The van der Waals surface area contributed by atoms with Crippen LogP contribution in [0.2, 0.25) is 0 Å². The molecule has 0 radical (unpaired) electrons. The lowest BCUT2D eigenvalue weighted by Gasteiger charge is -2.13. The summed E-state index contributed by atoms with van der Waals surface area (Å²) in [5, 5.41) is 34.2. The van der Waals surface area contributed by atoms with Gasteiger partial charge in [0.25, 0.3) is 0 Å².